The molecule has 230 valence electrons. The van der Waals surface area contributed by atoms with Crippen LogP contribution in [-0.2, 0) is 0 Å². The van der Waals surface area contributed by atoms with E-state index in [4.69, 9.17) is 20.3 Å². The maximum absolute atomic E-state index is 13.1. The molecule has 0 saturated carbocycles. The molecule has 0 saturated heterocycles. The summed E-state index contributed by atoms with van der Waals surface area (Å²) in [4.78, 5) is 35.1. The summed E-state index contributed by atoms with van der Waals surface area (Å²) in [5, 5.41) is 9.40. The summed E-state index contributed by atoms with van der Waals surface area (Å²) in [7, 11) is 0. The minimum absolute atomic E-state index is 0.101. The van der Waals surface area contributed by atoms with E-state index >= 15 is 0 Å². The number of nitrogens with two attached hydrogens (primary N) is 2. The molecule has 2 unspecified atom stereocenters. The standard InChI is InChI=1S/C30H34N8O4S2/c1-17-23-25(19-11-9-15-41-19)43-29(31)33-27(23)37(35-17)21(39)13-7-5-3-4-6-8-14-22(40)38-28-24(18(2)36-38)26(44-30(32)34-28)20-12-10-16-42-20/h9-12,15-16,25-26H,3-8,13-14H2,1-2H3,(H2,31,33)(H2,32,34). The van der Waals surface area contributed by atoms with Crippen molar-refractivity contribution in [1.82, 2.24) is 19.6 Å². The largest absolute Gasteiger partial charge is 0.468 e. The molecule has 4 N–H and O–H groups in total. The number of fused-ring (bicyclic) bond motifs is 2. The van der Waals surface area contributed by atoms with E-state index in [0.29, 0.717) is 34.8 Å². The number of hydrogen-bond acceptors (Lipinski definition) is 12. The Hall–Kier alpha value is -4.04. The summed E-state index contributed by atoms with van der Waals surface area (Å²) in [6, 6.07) is 7.44. The van der Waals surface area contributed by atoms with E-state index in [1.807, 2.05) is 38.1 Å². The highest BCUT2D eigenvalue weighted by atomic mass is 32.2. The molecule has 0 fully saturated rings. The Morgan fingerprint density at radius 2 is 1.14 bits per heavy atom. The van der Waals surface area contributed by atoms with E-state index in [1.165, 1.54) is 32.9 Å². The van der Waals surface area contributed by atoms with Crippen molar-refractivity contribution in [3.05, 3.63) is 70.8 Å². The summed E-state index contributed by atoms with van der Waals surface area (Å²) in [6.45, 7) is 3.76. The van der Waals surface area contributed by atoms with Gasteiger partial charge in [-0.2, -0.15) is 19.6 Å². The number of aromatic nitrogens is 4. The fourth-order valence-corrected chi connectivity index (χ4v) is 7.65. The minimum atomic E-state index is -0.183. The molecule has 4 aromatic rings. The van der Waals surface area contributed by atoms with E-state index in [1.54, 1.807) is 12.5 Å². The van der Waals surface area contributed by atoms with Crippen molar-refractivity contribution in [2.24, 2.45) is 21.5 Å². The predicted octanol–water partition coefficient (Wildman–Crippen LogP) is 6.55. The molecule has 44 heavy (non-hydrogen) atoms. The Morgan fingerprint density at radius 3 is 1.52 bits per heavy atom. The number of carbonyl (C=O) groups is 2. The van der Waals surface area contributed by atoms with E-state index < -0.39 is 0 Å². The first-order valence-electron chi connectivity index (χ1n) is 14.7. The molecule has 0 aliphatic carbocycles. The fraction of sp³-hybridized carbons (Fsp3) is 0.400. The predicted molar refractivity (Wildman–Crippen MR) is 171 cm³/mol. The molecule has 2 aliphatic heterocycles. The van der Waals surface area contributed by atoms with Gasteiger partial charge in [0.05, 0.1) is 23.9 Å². The van der Waals surface area contributed by atoms with Crippen LogP contribution >= 0.6 is 23.5 Å². The molecule has 6 heterocycles. The molecular weight excluding hydrogens is 601 g/mol. The third kappa shape index (κ3) is 6.00. The summed E-state index contributed by atoms with van der Waals surface area (Å²) in [6.07, 6.45) is 9.22. The Labute approximate surface area is 262 Å². The summed E-state index contributed by atoms with van der Waals surface area (Å²) >= 11 is 2.78. The van der Waals surface area contributed by atoms with Gasteiger partial charge in [0, 0.05) is 24.0 Å². The number of aliphatic imine (C=N–C) groups is 2. The van der Waals surface area contributed by atoms with Crippen LogP contribution in [-0.4, -0.2) is 41.7 Å². The number of aryl methyl sites for hydroxylation is 2. The van der Waals surface area contributed by atoms with E-state index in [0.717, 1.165) is 72.6 Å². The molecular formula is C30H34N8O4S2. The third-order valence-corrected chi connectivity index (χ3v) is 9.78. The average molecular weight is 635 g/mol. The molecule has 6 rings (SSSR count). The first-order valence-corrected chi connectivity index (χ1v) is 16.4. The van der Waals surface area contributed by atoms with Gasteiger partial charge in [0.1, 0.15) is 22.0 Å². The summed E-state index contributed by atoms with van der Waals surface area (Å²) < 4.78 is 14.0. The molecule has 2 atom stereocenters. The number of furan rings is 2. The fourth-order valence-electron chi connectivity index (χ4n) is 5.60. The topological polar surface area (TPSA) is 173 Å². The molecule has 2 aliphatic rings. The van der Waals surface area contributed by atoms with Gasteiger partial charge in [-0.3, -0.25) is 9.59 Å². The van der Waals surface area contributed by atoms with Crippen LogP contribution in [0.2, 0.25) is 0 Å². The molecule has 14 heteroatoms. The normalized spacial score (nSPS) is 17.6. The lowest BCUT2D eigenvalue weighted by Gasteiger charge is -2.19. The number of carbonyl (C=O) groups excluding carboxylic acids is 2. The smallest absolute Gasteiger partial charge is 0.248 e. The molecule has 0 radical (unpaired) electrons. The van der Waals surface area contributed by atoms with Gasteiger partial charge in [0.25, 0.3) is 0 Å². The number of nitrogens with zero attached hydrogens (tertiary/aromatic N) is 6. The zero-order chi connectivity index (χ0) is 30.8. The van der Waals surface area contributed by atoms with Crippen LogP contribution in [0.5, 0.6) is 0 Å². The van der Waals surface area contributed by atoms with Gasteiger partial charge in [-0.05, 0) is 51.0 Å². The third-order valence-electron chi connectivity index (χ3n) is 7.70. The van der Waals surface area contributed by atoms with Crippen LogP contribution < -0.4 is 11.5 Å². The van der Waals surface area contributed by atoms with Gasteiger partial charge in [-0.1, -0.05) is 49.2 Å². The van der Waals surface area contributed by atoms with Gasteiger partial charge in [-0.25, -0.2) is 9.98 Å². The van der Waals surface area contributed by atoms with Crippen LogP contribution in [0.4, 0.5) is 11.6 Å². The zero-order valence-corrected chi connectivity index (χ0v) is 26.2. The lowest BCUT2D eigenvalue weighted by Crippen LogP contribution is -2.17. The molecule has 12 nitrogen and oxygen atoms in total. The Kier molecular flexibility index (Phi) is 8.80. The molecule has 0 spiro atoms. The summed E-state index contributed by atoms with van der Waals surface area (Å²) in [5.41, 5.74) is 15.4. The molecule has 4 aromatic heterocycles. The summed E-state index contributed by atoms with van der Waals surface area (Å²) in [5.74, 6) is 2.28. The SMILES string of the molecule is Cc1nn(C(=O)CCCCCCCCC(=O)n2nc(C)c3c2N=C(N)SC3c2ccco2)c2c1C(c1ccco1)SC(N)=N2. The Morgan fingerprint density at radius 1 is 0.727 bits per heavy atom. The minimum Gasteiger partial charge on any atom is -0.468 e. The Bertz CT molecular complexity index is 1590. The van der Waals surface area contributed by atoms with E-state index in [2.05, 4.69) is 20.2 Å². The highest BCUT2D eigenvalue weighted by Crippen LogP contribution is 2.47. The number of rotatable bonds is 11. The van der Waals surface area contributed by atoms with Crippen molar-refractivity contribution < 1.29 is 18.4 Å². The number of unbranched alkanes of at least 4 members (excludes halogenated alkanes) is 5. The van der Waals surface area contributed by atoms with Crippen LogP contribution in [0.25, 0.3) is 0 Å². The van der Waals surface area contributed by atoms with Crippen LogP contribution in [0.3, 0.4) is 0 Å². The van der Waals surface area contributed by atoms with Gasteiger partial charge < -0.3 is 20.3 Å². The van der Waals surface area contributed by atoms with Crippen molar-refractivity contribution in [2.75, 3.05) is 0 Å². The lowest BCUT2D eigenvalue weighted by molar-refractivity contribution is 0.0875. The van der Waals surface area contributed by atoms with Crippen molar-refractivity contribution in [2.45, 2.75) is 75.7 Å². The maximum atomic E-state index is 13.1. The van der Waals surface area contributed by atoms with E-state index in [9.17, 15) is 9.59 Å². The quantitative estimate of drug-likeness (QED) is 0.172. The highest BCUT2D eigenvalue weighted by molar-refractivity contribution is 8.14. The van der Waals surface area contributed by atoms with Crippen molar-refractivity contribution in [3.8, 4) is 0 Å². The first kappa shape index (κ1) is 30.0. The molecule has 0 amide bonds. The lowest BCUT2D eigenvalue weighted by atomic mass is 10.1. The van der Waals surface area contributed by atoms with Gasteiger partial charge >= 0.3 is 0 Å². The second-order valence-corrected chi connectivity index (χ2v) is 13.1. The number of hydrogen-bond donors (Lipinski definition) is 2. The van der Waals surface area contributed by atoms with Gasteiger partial charge in [-0.15, -0.1) is 0 Å². The number of amidine groups is 2. The van der Waals surface area contributed by atoms with Crippen LogP contribution in [0.1, 0.15) is 105 Å². The van der Waals surface area contributed by atoms with E-state index in [-0.39, 0.29) is 22.3 Å². The second-order valence-electron chi connectivity index (χ2n) is 10.8. The van der Waals surface area contributed by atoms with Crippen molar-refractivity contribution in [3.63, 3.8) is 0 Å². The maximum Gasteiger partial charge on any atom is 0.248 e. The first-order chi connectivity index (χ1) is 21.3. The highest BCUT2D eigenvalue weighted by Gasteiger charge is 2.34. The van der Waals surface area contributed by atoms with Crippen LogP contribution in [0.15, 0.2) is 55.6 Å². The average Bonchev–Trinajstić information content (AvgIpc) is 3.81. The second kappa shape index (κ2) is 12.9. The Balaban J connectivity index is 0.959. The van der Waals surface area contributed by atoms with Crippen molar-refractivity contribution in [1.29, 1.82) is 0 Å². The van der Waals surface area contributed by atoms with Gasteiger partial charge in [0.2, 0.25) is 11.8 Å². The van der Waals surface area contributed by atoms with Gasteiger partial charge in [0.15, 0.2) is 22.0 Å². The number of thioether (sulfide) groups is 2. The molecule has 0 aromatic carbocycles. The molecule has 0 bridgehead atoms. The monoisotopic (exact) mass is 634 g/mol. The van der Waals surface area contributed by atoms with Crippen LogP contribution in [0, 0.1) is 13.8 Å². The van der Waals surface area contributed by atoms with Crippen molar-refractivity contribution >= 4 is 57.3 Å². The zero-order valence-electron chi connectivity index (χ0n) is 24.6.